The molecule has 0 radical (unpaired) electrons. The molecule has 0 saturated heterocycles. The molecule has 1 aromatic heterocycles. The van der Waals surface area contributed by atoms with Gasteiger partial charge in [0.2, 0.25) is 0 Å². The van der Waals surface area contributed by atoms with Crippen molar-refractivity contribution in [3.05, 3.63) is 84.2 Å². The lowest BCUT2D eigenvalue weighted by atomic mass is 10.0. The van der Waals surface area contributed by atoms with E-state index in [1.165, 1.54) is 23.3 Å². The van der Waals surface area contributed by atoms with E-state index in [0.29, 0.717) is 0 Å². The number of hydrogen-bond acceptors (Lipinski definition) is 2. The maximum absolute atomic E-state index is 13.7. The topological polar surface area (TPSA) is 16.1 Å². The quantitative estimate of drug-likeness (QED) is 0.442. The van der Waals surface area contributed by atoms with E-state index in [2.05, 4.69) is 48.2 Å². The van der Waals surface area contributed by atoms with Crippen LogP contribution in [-0.4, -0.2) is 19.1 Å². The van der Waals surface area contributed by atoms with E-state index in [-0.39, 0.29) is 5.82 Å². The van der Waals surface area contributed by atoms with Crippen LogP contribution < -0.4 is 4.90 Å². The van der Waals surface area contributed by atoms with Gasteiger partial charge in [0.25, 0.3) is 0 Å². The highest BCUT2D eigenvalue weighted by atomic mass is 19.1. The Morgan fingerprint density at radius 1 is 0.778 bits per heavy atom. The number of aryl methyl sites for hydroxylation is 1. The highest BCUT2D eigenvalue weighted by Crippen LogP contribution is 2.33. The fraction of sp³-hybridized carbons (Fsp3) is 0.125. The smallest absolute Gasteiger partial charge is 0.123 e. The fourth-order valence-electron chi connectivity index (χ4n) is 3.30. The predicted octanol–water partition coefficient (Wildman–Crippen LogP) is 6.08. The number of halogens is 1. The molecule has 0 fully saturated rings. The van der Waals surface area contributed by atoms with Gasteiger partial charge < -0.3 is 4.90 Å². The van der Waals surface area contributed by atoms with Crippen molar-refractivity contribution in [2.45, 2.75) is 6.92 Å². The second kappa shape index (κ2) is 6.84. The highest BCUT2D eigenvalue weighted by molar-refractivity contribution is 5.96. The van der Waals surface area contributed by atoms with E-state index >= 15 is 0 Å². The maximum atomic E-state index is 13.7. The number of hydrogen-bond donors (Lipinski definition) is 0. The lowest BCUT2D eigenvalue weighted by molar-refractivity contribution is 0.628. The van der Waals surface area contributed by atoms with E-state index in [9.17, 15) is 4.39 Å². The number of benzene rings is 3. The zero-order chi connectivity index (χ0) is 19.0. The van der Waals surface area contributed by atoms with Crippen molar-refractivity contribution in [3.8, 4) is 22.4 Å². The second-order valence-corrected chi connectivity index (χ2v) is 7.03. The van der Waals surface area contributed by atoms with Gasteiger partial charge in [0.1, 0.15) is 5.82 Å². The van der Waals surface area contributed by atoms with Crippen molar-refractivity contribution >= 4 is 16.6 Å². The van der Waals surface area contributed by atoms with Crippen LogP contribution in [0.3, 0.4) is 0 Å². The van der Waals surface area contributed by atoms with Gasteiger partial charge in [-0.1, -0.05) is 48.0 Å². The van der Waals surface area contributed by atoms with Crippen LogP contribution in [0.25, 0.3) is 33.3 Å². The first-order chi connectivity index (χ1) is 13.0. The summed E-state index contributed by atoms with van der Waals surface area (Å²) in [5.74, 6) is -0.254. The van der Waals surface area contributed by atoms with Gasteiger partial charge in [-0.25, -0.2) is 9.37 Å². The van der Waals surface area contributed by atoms with Crippen LogP contribution in [0, 0.1) is 12.7 Å². The summed E-state index contributed by atoms with van der Waals surface area (Å²) in [5.41, 5.74) is 7.10. The first kappa shape index (κ1) is 17.2. The Hall–Kier alpha value is -3.20. The summed E-state index contributed by atoms with van der Waals surface area (Å²) in [6, 6.07) is 23.4. The standard InChI is InChI=1S/C24H21FN2/c1-16-7-9-17(10-8-16)18-11-12-22-21(14-18)24(27(2)3)15-23(26-22)19-5-4-6-20(25)13-19/h4-15H,1-3H3. The van der Waals surface area contributed by atoms with Crippen molar-refractivity contribution in [3.63, 3.8) is 0 Å². The number of rotatable bonds is 3. The van der Waals surface area contributed by atoms with Crippen LogP contribution in [0.15, 0.2) is 72.8 Å². The largest absolute Gasteiger partial charge is 0.377 e. The fourth-order valence-corrected chi connectivity index (χ4v) is 3.30. The van der Waals surface area contributed by atoms with E-state index in [0.717, 1.165) is 33.4 Å². The van der Waals surface area contributed by atoms with Crippen molar-refractivity contribution in [2.75, 3.05) is 19.0 Å². The molecule has 4 aromatic rings. The summed E-state index contributed by atoms with van der Waals surface area (Å²) in [4.78, 5) is 6.86. The van der Waals surface area contributed by atoms with Crippen LogP contribution in [0.4, 0.5) is 10.1 Å². The highest BCUT2D eigenvalue weighted by Gasteiger charge is 2.11. The zero-order valence-electron chi connectivity index (χ0n) is 15.7. The number of fused-ring (bicyclic) bond motifs is 1. The molecule has 0 amide bonds. The molecular formula is C24H21FN2. The SMILES string of the molecule is Cc1ccc(-c2ccc3nc(-c4cccc(F)c4)cc(N(C)C)c3c2)cc1. The molecule has 134 valence electrons. The summed E-state index contributed by atoms with van der Waals surface area (Å²) in [6.45, 7) is 2.09. The van der Waals surface area contributed by atoms with Crippen molar-refractivity contribution in [1.29, 1.82) is 0 Å². The van der Waals surface area contributed by atoms with Gasteiger partial charge in [-0.2, -0.15) is 0 Å². The summed E-state index contributed by atoms with van der Waals surface area (Å²) in [6.07, 6.45) is 0. The zero-order valence-corrected chi connectivity index (χ0v) is 15.7. The van der Waals surface area contributed by atoms with Gasteiger partial charge in [0.15, 0.2) is 0 Å². The Bertz CT molecular complexity index is 1110. The molecule has 0 spiro atoms. The molecule has 2 nitrogen and oxygen atoms in total. The normalized spacial score (nSPS) is 11.0. The summed E-state index contributed by atoms with van der Waals surface area (Å²) < 4.78 is 13.7. The molecule has 0 aliphatic rings. The van der Waals surface area contributed by atoms with Crippen molar-refractivity contribution in [2.24, 2.45) is 0 Å². The summed E-state index contributed by atoms with van der Waals surface area (Å²) in [7, 11) is 4.03. The van der Waals surface area contributed by atoms with E-state index < -0.39 is 0 Å². The third-order valence-corrected chi connectivity index (χ3v) is 4.77. The van der Waals surface area contributed by atoms with Gasteiger partial charge in [0.05, 0.1) is 11.2 Å². The Morgan fingerprint density at radius 3 is 2.22 bits per heavy atom. The molecule has 0 bridgehead atoms. The molecule has 1 heterocycles. The Labute approximate surface area is 158 Å². The minimum atomic E-state index is -0.254. The first-order valence-corrected chi connectivity index (χ1v) is 8.96. The molecule has 0 saturated carbocycles. The number of pyridine rings is 1. The van der Waals surface area contributed by atoms with Crippen molar-refractivity contribution < 1.29 is 4.39 Å². The van der Waals surface area contributed by atoms with E-state index in [4.69, 9.17) is 4.98 Å². The van der Waals surface area contributed by atoms with Gasteiger partial charge in [-0.15, -0.1) is 0 Å². The van der Waals surface area contributed by atoms with Crippen LogP contribution >= 0.6 is 0 Å². The number of aromatic nitrogens is 1. The van der Waals surface area contributed by atoms with Gasteiger partial charge >= 0.3 is 0 Å². The predicted molar refractivity (Wildman–Crippen MR) is 112 cm³/mol. The minimum absolute atomic E-state index is 0.254. The number of nitrogens with zero attached hydrogens (tertiary/aromatic N) is 2. The Morgan fingerprint density at radius 2 is 1.52 bits per heavy atom. The second-order valence-electron chi connectivity index (χ2n) is 7.03. The Balaban J connectivity index is 1.90. The van der Waals surface area contributed by atoms with E-state index in [1.54, 1.807) is 6.07 Å². The molecule has 0 atom stereocenters. The average molecular weight is 356 g/mol. The molecule has 3 aromatic carbocycles. The van der Waals surface area contributed by atoms with Gasteiger partial charge in [-0.3, -0.25) is 0 Å². The molecule has 0 unspecified atom stereocenters. The molecule has 3 heteroatoms. The van der Waals surface area contributed by atoms with Crippen LogP contribution in [-0.2, 0) is 0 Å². The minimum Gasteiger partial charge on any atom is -0.377 e. The van der Waals surface area contributed by atoms with E-state index in [1.807, 2.05) is 32.3 Å². The molecule has 4 rings (SSSR count). The summed E-state index contributed by atoms with van der Waals surface area (Å²) >= 11 is 0. The third-order valence-electron chi connectivity index (χ3n) is 4.77. The molecule has 0 aliphatic carbocycles. The first-order valence-electron chi connectivity index (χ1n) is 8.96. The number of anilines is 1. The molecule has 0 N–H and O–H groups in total. The lowest BCUT2D eigenvalue weighted by Crippen LogP contribution is -2.10. The maximum Gasteiger partial charge on any atom is 0.123 e. The monoisotopic (exact) mass is 356 g/mol. The Kier molecular flexibility index (Phi) is 4.36. The summed E-state index contributed by atoms with van der Waals surface area (Å²) in [5, 5.41) is 1.08. The third kappa shape index (κ3) is 3.41. The lowest BCUT2D eigenvalue weighted by Gasteiger charge is -2.18. The average Bonchev–Trinajstić information content (AvgIpc) is 2.67. The molecule has 27 heavy (non-hydrogen) atoms. The van der Waals surface area contributed by atoms with Crippen LogP contribution in [0.1, 0.15) is 5.56 Å². The van der Waals surface area contributed by atoms with Crippen LogP contribution in [0.2, 0.25) is 0 Å². The van der Waals surface area contributed by atoms with Gasteiger partial charge in [-0.05, 0) is 48.4 Å². The van der Waals surface area contributed by atoms with Gasteiger partial charge in [0, 0.05) is 30.7 Å². The molecule has 0 aliphatic heterocycles. The molecular weight excluding hydrogens is 335 g/mol. The van der Waals surface area contributed by atoms with Crippen molar-refractivity contribution in [1.82, 2.24) is 4.98 Å². The van der Waals surface area contributed by atoms with Crippen LogP contribution in [0.5, 0.6) is 0 Å².